The molecule has 0 aliphatic heterocycles. The summed E-state index contributed by atoms with van der Waals surface area (Å²) < 4.78 is 2.71. The van der Waals surface area contributed by atoms with Crippen molar-refractivity contribution >= 4 is 44.8 Å². The van der Waals surface area contributed by atoms with Crippen LogP contribution in [0, 0.1) is 13.8 Å². The fourth-order valence-corrected chi connectivity index (χ4v) is 2.74. The molecule has 0 unspecified atom stereocenters. The maximum Gasteiger partial charge on any atom is 0.199 e. The first kappa shape index (κ1) is 13.8. The molecule has 0 saturated carbocycles. The van der Waals surface area contributed by atoms with Gasteiger partial charge in [0.15, 0.2) is 16.6 Å². The molecule has 3 rings (SSSR count). The predicted octanol–water partition coefficient (Wildman–Crippen LogP) is 4.48. The third-order valence-corrected chi connectivity index (χ3v) is 4.62. The highest BCUT2D eigenvalue weighted by molar-refractivity contribution is 9.10. The Labute approximate surface area is 133 Å². The van der Waals surface area contributed by atoms with Crippen LogP contribution in [0.5, 0.6) is 0 Å². The minimum absolute atomic E-state index is 0.347. The molecule has 0 saturated heterocycles. The molecule has 0 atom stereocenters. The van der Waals surface area contributed by atoms with E-state index in [4.69, 9.17) is 23.2 Å². The van der Waals surface area contributed by atoms with Crippen LogP contribution in [-0.4, -0.2) is 19.6 Å². The molecule has 0 bridgehead atoms. The molecule has 20 heavy (non-hydrogen) atoms. The SMILES string of the molecule is Cc1nc(Cl)c2nnc(-c3ccc(Cl)c(Br)c3)n2c1C. The fraction of sp³-hybridized carbons (Fsp3) is 0.154. The average Bonchev–Trinajstić information content (AvgIpc) is 2.85. The Balaban J connectivity index is 2.34. The smallest absolute Gasteiger partial charge is 0.199 e. The quantitative estimate of drug-likeness (QED) is 0.633. The lowest BCUT2D eigenvalue weighted by Crippen LogP contribution is -2.00. The lowest BCUT2D eigenvalue weighted by molar-refractivity contribution is 1.000. The van der Waals surface area contributed by atoms with Crippen molar-refractivity contribution in [2.45, 2.75) is 13.8 Å². The largest absolute Gasteiger partial charge is 0.275 e. The van der Waals surface area contributed by atoms with E-state index in [1.807, 2.05) is 36.4 Å². The fourth-order valence-electron chi connectivity index (χ4n) is 2.00. The van der Waals surface area contributed by atoms with Crippen LogP contribution < -0.4 is 0 Å². The van der Waals surface area contributed by atoms with Crippen LogP contribution in [0.4, 0.5) is 0 Å². The van der Waals surface area contributed by atoms with Crippen molar-refractivity contribution in [2.75, 3.05) is 0 Å². The lowest BCUT2D eigenvalue weighted by Gasteiger charge is -2.07. The molecule has 0 aliphatic carbocycles. The third kappa shape index (κ3) is 2.10. The number of rotatable bonds is 1. The van der Waals surface area contributed by atoms with Crippen LogP contribution in [-0.2, 0) is 0 Å². The van der Waals surface area contributed by atoms with Gasteiger partial charge in [-0.25, -0.2) is 4.98 Å². The van der Waals surface area contributed by atoms with Gasteiger partial charge in [-0.05, 0) is 48.0 Å². The van der Waals surface area contributed by atoms with Crippen molar-refractivity contribution < 1.29 is 0 Å². The number of nitrogens with zero attached hydrogens (tertiary/aromatic N) is 4. The minimum Gasteiger partial charge on any atom is -0.275 e. The molecule has 102 valence electrons. The second-order valence-corrected chi connectivity index (χ2v) is 6.00. The molecule has 0 radical (unpaired) electrons. The van der Waals surface area contributed by atoms with Gasteiger partial charge in [0.05, 0.1) is 10.7 Å². The summed E-state index contributed by atoms with van der Waals surface area (Å²) in [6, 6.07) is 5.61. The van der Waals surface area contributed by atoms with Crippen LogP contribution >= 0.6 is 39.1 Å². The highest BCUT2D eigenvalue weighted by Gasteiger charge is 2.16. The van der Waals surface area contributed by atoms with Crippen molar-refractivity contribution in [3.8, 4) is 11.4 Å². The summed E-state index contributed by atoms with van der Waals surface area (Å²) in [5, 5.41) is 9.34. The van der Waals surface area contributed by atoms with Crippen molar-refractivity contribution in [3.05, 3.63) is 44.2 Å². The van der Waals surface area contributed by atoms with Gasteiger partial charge in [0.2, 0.25) is 0 Å². The molecule has 7 heteroatoms. The van der Waals surface area contributed by atoms with Gasteiger partial charge in [0, 0.05) is 15.7 Å². The maximum atomic E-state index is 6.13. The average molecular weight is 372 g/mol. The van der Waals surface area contributed by atoms with Crippen molar-refractivity contribution in [2.24, 2.45) is 0 Å². The molecule has 4 nitrogen and oxygen atoms in total. The first-order chi connectivity index (χ1) is 9.49. The number of aryl methyl sites for hydroxylation is 2. The van der Waals surface area contributed by atoms with Gasteiger partial charge in [-0.15, -0.1) is 10.2 Å². The summed E-state index contributed by atoms with van der Waals surface area (Å²) in [6.45, 7) is 3.87. The summed E-state index contributed by atoms with van der Waals surface area (Å²) >= 11 is 15.6. The number of hydrogen-bond donors (Lipinski definition) is 0. The Morgan fingerprint density at radius 3 is 2.60 bits per heavy atom. The molecule has 0 spiro atoms. The summed E-state index contributed by atoms with van der Waals surface area (Å²) in [5.41, 5.74) is 3.25. The van der Waals surface area contributed by atoms with Crippen molar-refractivity contribution in [1.29, 1.82) is 0 Å². The molecule has 3 aromatic rings. The number of halogens is 3. The standard InChI is InChI=1S/C13H9BrCl2N4/c1-6-7(2)20-12(18-19-13(20)11(16)17-6)8-3-4-10(15)9(14)5-8/h3-5H,1-2H3. The van der Waals surface area contributed by atoms with E-state index in [0.717, 1.165) is 21.4 Å². The maximum absolute atomic E-state index is 6.13. The third-order valence-electron chi connectivity index (χ3n) is 3.15. The van der Waals surface area contributed by atoms with Crippen LogP contribution in [0.25, 0.3) is 17.0 Å². The van der Waals surface area contributed by atoms with Gasteiger partial charge in [0.1, 0.15) is 0 Å². The number of benzene rings is 1. The zero-order chi connectivity index (χ0) is 14.4. The molecule has 0 fully saturated rings. The Bertz CT molecular complexity index is 829. The summed E-state index contributed by atoms with van der Waals surface area (Å²) in [7, 11) is 0. The lowest BCUT2D eigenvalue weighted by atomic mass is 10.2. The summed E-state index contributed by atoms with van der Waals surface area (Å²) in [5.74, 6) is 0.710. The van der Waals surface area contributed by atoms with Gasteiger partial charge in [-0.2, -0.15) is 0 Å². The van der Waals surface area contributed by atoms with Gasteiger partial charge in [-0.1, -0.05) is 23.2 Å². The minimum atomic E-state index is 0.347. The number of hydrogen-bond acceptors (Lipinski definition) is 3. The Morgan fingerprint density at radius 1 is 1.15 bits per heavy atom. The molecule has 0 aliphatic rings. The van der Waals surface area contributed by atoms with Gasteiger partial charge < -0.3 is 0 Å². The molecule has 0 N–H and O–H groups in total. The molecule has 2 heterocycles. The van der Waals surface area contributed by atoms with E-state index in [1.54, 1.807) is 0 Å². The van der Waals surface area contributed by atoms with Crippen molar-refractivity contribution in [3.63, 3.8) is 0 Å². The van der Waals surface area contributed by atoms with E-state index in [0.29, 0.717) is 21.6 Å². The van der Waals surface area contributed by atoms with E-state index < -0.39 is 0 Å². The normalized spacial score (nSPS) is 11.2. The van der Waals surface area contributed by atoms with E-state index in [1.165, 1.54) is 0 Å². The van der Waals surface area contributed by atoms with Gasteiger partial charge in [0.25, 0.3) is 0 Å². The predicted molar refractivity (Wildman–Crippen MR) is 83.4 cm³/mol. The second kappa shape index (κ2) is 4.98. The van der Waals surface area contributed by atoms with Gasteiger partial charge in [-0.3, -0.25) is 4.40 Å². The number of fused-ring (bicyclic) bond motifs is 1. The van der Waals surface area contributed by atoms with Gasteiger partial charge >= 0.3 is 0 Å². The zero-order valence-corrected chi connectivity index (χ0v) is 13.8. The topological polar surface area (TPSA) is 43.1 Å². The Morgan fingerprint density at radius 2 is 1.90 bits per heavy atom. The number of aromatic nitrogens is 4. The van der Waals surface area contributed by atoms with E-state index in [-0.39, 0.29) is 0 Å². The summed E-state index contributed by atoms with van der Waals surface area (Å²) in [6.07, 6.45) is 0. The highest BCUT2D eigenvalue weighted by Crippen LogP contribution is 2.29. The molecule has 2 aromatic heterocycles. The van der Waals surface area contributed by atoms with Crippen LogP contribution in [0.15, 0.2) is 22.7 Å². The molecule has 1 aromatic carbocycles. The van der Waals surface area contributed by atoms with Crippen molar-refractivity contribution in [1.82, 2.24) is 19.6 Å². The van der Waals surface area contributed by atoms with E-state index in [2.05, 4.69) is 31.1 Å². The van der Waals surface area contributed by atoms with E-state index >= 15 is 0 Å². The monoisotopic (exact) mass is 370 g/mol. The Hall–Kier alpha value is -1.17. The molecule has 0 amide bonds. The van der Waals surface area contributed by atoms with Crippen LogP contribution in [0.1, 0.15) is 11.4 Å². The molecular formula is C13H9BrCl2N4. The zero-order valence-electron chi connectivity index (χ0n) is 10.7. The van der Waals surface area contributed by atoms with Crippen LogP contribution in [0.3, 0.4) is 0 Å². The van der Waals surface area contributed by atoms with E-state index in [9.17, 15) is 0 Å². The first-order valence-corrected chi connectivity index (χ1v) is 7.37. The highest BCUT2D eigenvalue weighted by atomic mass is 79.9. The second-order valence-electron chi connectivity index (χ2n) is 4.38. The van der Waals surface area contributed by atoms with Crippen LogP contribution in [0.2, 0.25) is 10.2 Å². The molecular weight excluding hydrogens is 363 g/mol. The Kier molecular flexibility index (Phi) is 3.44. The first-order valence-electron chi connectivity index (χ1n) is 5.82. The summed E-state index contributed by atoms with van der Waals surface area (Å²) in [4.78, 5) is 4.25.